The molecule has 0 bridgehead atoms. The summed E-state index contributed by atoms with van der Waals surface area (Å²) in [6.45, 7) is 9.18. The molecule has 5 nitrogen and oxygen atoms in total. The quantitative estimate of drug-likeness (QED) is 0.814. The van der Waals surface area contributed by atoms with Crippen molar-refractivity contribution in [1.29, 1.82) is 0 Å². The van der Waals surface area contributed by atoms with Gasteiger partial charge in [-0.1, -0.05) is 30.3 Å². The lowest BCUT2D eigenvalue weighted by molar-refractivity contribution is 0.0127. The number of hydrogen-bond donors (Lipinski definition) is 0. The highest BCUT2D eigenvalue weighted by atomic mass is 16.5. The number of ether oxygens (including phenoxy) is 1. The Morgan fingerprint density at radius 2 is 1.88 bits per heavy atom. The molecular weight excluding hydrogens is 324 g/mol. The Hall–Kier alpha value is -1.85. The zero-order valence-electron chi connectivity index (χ0n) is 16.0. The van der Waals surface area contributed by atoms with Crippen molar-refractivity contribution in [3.8, 4) is 0 Å². The second-order valence-electron chi connectivity index (χ2n) is 7.53. The smallest absolute Gasteiger partial charge is 0.0690 e. The third kappa shape index (κ3) is 3.64. The van der Waals surface area contributed by atoms with Gasteiger partial charge in [0.15, 0.2) is 0 Å². The number of rotatable bonds is 5. The van der Waals surface area contributed by atoms with Gasteiger partial charge in [0.25, 0.3) is 0 Å². The van der Waals surface area contributed by atoms with Crippen LogP contribution >= 0.6 is 0 Å². The Bertz CT molecular complexity index is 679. The molecule has 140 valence electrons. The van der Waals surface area contributed by atoms with Crippen LogP contribution in [-0.4, -0.2) is 73.5 Å². The molecule has 0 aromatic heterocycles. The highest BCUT2D eigenvalue weighted by molar-refractivity contribution is 6.03. The normalized spacial score (nSPS) is 22.5. The van der Waals surface area contributed by atoms with E-state index in [4.69, 9.17) is 4.74 Å². The van der Waals surface area contributed by atoms with Crippen molar-refractivity contribution in [3.05, 3.63) is 47.2 Å². The largest absolute Gasteiger partial charge is 0.379 e. The van der Waals surface area contributed by atoms with E-state index in [1.807, 2.05) is 0 Å². The Kier molecular flexibility index (Phi) is 5.27. The Morgan fingerprint density at radius 3 is 2.65 bits per heavy atom. The maximum absolute atomic E-state index is 5.58. The predicted molar refractivity (Wildman–Crippen MR) is 105 cm³/mol. The molecular formula is C21H30N4O. The van der Waals surface area contributed by atoms with Crippen LogP contribution in [0.3, 0.4) is 0 Å². The lowest BCUT2D eigenvalue weighted by Gasteiger charge is -2.37. The summed E-state index contributed by atoms with van der Waals surface area (Å²) in [7, 11) is 2.07. The van der Waals surface area contributed by atoms with E-state index in [0.29, 0.717) is 6.04 Å². The van der Waals surface area contributed by atoms with Gasteiger partial charge in [-0.05, 0) is 18.9 Å². The van der Waals surface area contributed by atoms with Crippen molar-refractivity contribution in [3.63, 3.8) is 0 Å². The van der Waals surface area contributed by atoms with E-state index >= 15 is 0 Å². The fraction of sp³-hybridized carbons (Fsp3) is 0.571. The maximum Gasteiger partial charge on any atom is 0.0690 e. The van der Waals surface area contributed by atoms with E-state index in [9.17, 15) is 0 Å². The number of fused-ring (bicyclic) bond motifs is 1. The van der Waals surface area contributed by atoms with Crippen molar-refractivity contribution in [1.82, 2.24) is 14.8 Å². The van der Waals surface area contributed by atoms with Gasteiger partial charge in [0.05, 0.1) is 25.5 Å². The number of nitrogens with zero attached hydrogens (tertiary/aromatic N) is 4. The molecule has 1 atom stereocenters. The van der Waals surface area contributed by atoms with Crippen LogP contribution < -0.4 is 0 Å². The summed E-state index contributed by atoms with van der Waals surface area (Å²) in [5, 5.41) is 6.72. The molecule has 1 saturated heterocycles. The average Bonchev–Trinajstić information content (AvgIpc) is 3.07. The van der Waals surface area contributed by atoms with Crippen molar-refractivity contribution in [2.45, 2.75) is 25.8 Å². The zero-order valence-corrected chi connectivity index (χ0v) is 16.0. The summed E-state index contributed by atoms with van der Waals surface area (Å²) in [5.74, 6) is 0. The van der Waals surface area contributed by atoms with Crippen LogP contribution in [0, 0.1) is 0 Å². The Morgan fingerprint density at radius 1 is 1.12 bits per heavy atom. The summed E-state index contributed by atoms with van der Waals surface area (Å²) < 4.78 is 5.58. The second kappa shape index (κ2) is 7.80. The number of hydrogen-bond acceptors (Lipinski definition) is 5. The third-order valence-corrected chi connectivity index (χ3v) is 5.90. The summed E-state index contributed by atoms with van der Waals surface area (Å²) in [5.41, 5.74) is 5.60. The molecule has 3 heterocycles. The fourth-order valence-corrected chi connectivity index (χ4v) is 4.43. The van der Waals surface area contributed by atoms with E-state index < -0.39 is 0 Å². The van der Waals surface area contributed by atoms with Crippen LogP contribution in [0.1, 0.15) is 31.4 Å². The standard InChI is InChI=1S/C21H30N4O/c1-17-19-16-23(2)22-20(19)8-10-24(17)11-9-21(18-6-4-3-5-7-18)25-12-14-26-15-13-25/h3-7,21H,8-16H2,1-2H3. The molecule has 4 rings (SSSR count). The molecule has 1 unspecified atom stereocenters. The van der Waals surface area contributed by atoms with Crippen LogP contribution in [0.25, 0.3) is 0 Å². The van der Waals surface area contributed by atoms with Crippen molar-refractivity contribution < 1.29 is 4.74 Å². The molecule has 0 spiro atoms. The van der Waals surface area contributed by atoms with E-state index in [-0.39, 0.29) is 0 Å². The Balaban J connectivity index is 1.47. The van der Waals surface area contributed by atoms with Crippen LogP contribution in [-0.2, 0) is 4.74 Å². The van der Waals surface area contributed by atoms with E-state index in [2.05, 4.69) is 64.2 Å². The van der Waals surface area contributed by atoms with Gasteiger partial charge in [0.2, 0.25) is 0 Å². The van der Waals surface area contributed by atoms with E-state index in [1.54, 1.807) is 0 Å². The molecule has 0 saturated carbocycles. The molecule has 26 heavy (non-hydrogen) atoms. The molecule has 0 amide bonds. The summed E-state index contributed by atoms with van der Waals surface area (Å²) in [6, 6.07) is 11.5. The first-order valence-electron chi connectivity index (χ1n) is 9.83. The minimum absolute atomic E-state index is 0.471. The monoisotopic (exact) mass is 354 g/mol. The second-order valence-corrected chi connectivity index (χ2v) is 7.53. The molecule has 5 heteroatoms. The van der Waals surface area contributed by atoms with Crippen LogP contribution in [0.5, 0.6) is 0 Å². The topological polar surface area (TPSA) is 31.3 Å². The first-order valence-corrected chi connectivity index (χ1v) is 9.83. The number of likely N-dealkylation sites (N-methyl/N-ethyl adjacent to an activating group) is 1. The Labute approximate surface area is 156 Å². The highest BCUT2D eigenvalue weighted by Gasteiger charge is 2.28. The van der Waals surface area contributed by atoms with Crippen molar-refractivity contribution >= 4 is 5.71 Å². The minimum atomic E-state index is 0.471. The van der Waals surface area contributed by atoms with Gasteiger partial charge in [-0.15, -0.1) is 0 Å². The van der Waals surface area contributed by atoms with Crippen LogP contribution in [0.15, 0.2) is 46.7 Å². The predicted octanol–water partition coefficient (Wildman–Crippen LogP) is 2.73. The molecule has 3 aliphatic rings. The van der Waals surface area contributed by atoms with Gasteiger partial charge in [0.1, 0.15) is 0 Å². The van der Waals surface area contributed by atoms with Crippen LogP contribution in [0.4, 0.5) is 0 Å². The first kappa shape index (κ1) is 17.6. The summed E-state index contributed by atoms with van der Waals surface area (Å²) in [6.07, 6.45) is 2.22. The van der Waals surface area contributed by atoms with Gasteiger partial charge in [-0.25, -0.2) is 0 Å². The summed E-state index contributed by atoms with van der Waals surface area (Å²) >= 11 is 0. The van der Waals surface area contributed by atoms with Crippen molar-refractivity contribution in [2.75, 3.05) is 53.0 Å². The van der Waals surface area contributed by atoms with E-state index in [1.165, 1.54) is 22.5 Å². The SMILES string of the molecule is CC1=C2CN(C)N=C2CCN1CCC(c1ccccc1)N1CCOCC1. The highest BCUT2D eigenvalue weighted by Crippen LogP contribution is 2.29. The number of benzene rings is 1. The van der Waals surface area contributed by atoms with Gasteiger partial charge < -0.3 is 9.64 Å². The van der Waals surface area contributed by atoms with E-state index in [0.717, 1.165) is 58.8 Å². The maximum atomic E-state index is 5.58. The number of morpholine rings is 1. The lowest BCUT2D eigenvalue weighted by atomic mass is 9.98. The lowest BCUT2D eigenvalue weighted by Crippen LogP contribution is -2.41. The third-order valence-electron chi connectivity index (χ3n) is 5.90. The summed E-state index contributed by atoms with van der Waals surface area (Å²) in [4.78, 5) is 5.17. The van der Waals surface area contributed by atoms with Gasteiger partial charge >= 0.3 is 0 Å². The molecule has 0 radical (unpaired) electrons. The van der Waals surface area contributed by atoms with Crippen LogP contribution in [0.2, 0.25) is 0 Å². The molecule has 0 aliphatic carbocycles. The first-order chi connectivity index (χ1) is 12.7. The fourth-order valence-electron chi connectivity index (χ4n) is 4.43. The van der Waals surface area contributed by atoms with Crippen molar-refractivity contribution in [2.24, 2.45) is 5.10 Å². The zero-order chi connectivity index (χ0) is 17.9. The molecule has 1 aromatic rings. The number of hydrazone groups is 1. The molecule has 0 N–H and O–H groups in total. The minimum Gasteiger partial charge on any atom is -0.379 e. The van der Waals surface area contributed by atoms with Gasteiger partial charge in [-0.3, -0.25) is 9.91 Å². The average molecular weight is 354 g/mol. The van der Waals surface area contributed by atoms with Gasteiger partial charge in [-0.2, -0.15) is 5.10 Å². The molecule has 1 aromatic carbocycles. The van der Waals surface area contributed by atoms with Gasteiger partial charge in [0, 0.05) is 57.0 Å². The number of allylic oxidation sites excluding steroid dienone is 1. The molecule has 3 aliphatic heterocycles. The molecule has 1 fully saturated rings.